The van der Waals surface area contributed by atoms with Gasteiger partial charge in [0.15, 0.2) is 23.4 Å². The summed E-state index contributed by atoms with van der Waals surface area (Å²) in [4.78, 5) is 12.7. The van der Waals surface area contributed by atoms with Crippen molar-refractivity contribution in [2.45, 2.75) is 17.7 Å². The van der Waals surface area contributed by atoms with Gasteiger partial charge in [0, 0.05) is 5.69 Å². The molecule has 34 heavy (non-hydrogen) atoms. The highest BCUT2D eigenvalue weighted by Gasteiger charge is 2.28. The largest absolute Gasteiger partial charge is 0.485 e. The van der Waals surface area contributed by atoms with Crippen LogP contribution in [-0.2, 0) is 11.2 Å². The second kappa shape index (κ2) is 9.88. The Hall–Kier alpha value is -3.98. The first-order chi connectivity index (χ1) is 16.7. The number of nitrogens with one attached hydrogen (secondary N) is 1. The molecule has 0 radical (unpaired) electrons. The van der Waals surface area contributed by atoms with Crippen molar-refractivity contribution in [3.05, 3.63) is 95.8 Å². The number of thioether (sulfide) groups is 1. The van der Waals surface area contributed by atoms with E-state index >= 15 is 0 Å². The Kier molecular flexibility index (Phi) is 6.35. The number of hydrogen-bond donors (Lipinski definition) is 2. The smallest absolute Gasteiger partial charge is 0.234 e. The van der Waals surface area contributed by atoms with Gasteiger partial charge in [0.2, 0.25) is 11.1 Å². The van der Waals surface area contributed by atoms with E-state index in [4.69, 9.17) is 15.3 Å². The third-order valence-electron chi connectivity index (χ3n) is 5.35. The number of carbonyl (C=O) groups is 1. The lowest BCUT2D eigenvalue weighted by Crippen LogP contribution is -2.27. The molecule has 1 aromatic heterocycles. The summed E-state index contributed by atoms with van der Waals surface area (Å²) < 4.78 is 13.1. The summed E-state index contributed by atoms with van der Waals surface area (Å²) in [6.45, 7) is 0.274. The van der Waals surface area contributed by atoms with Crippen LogP contribution in [0.2, 0.25) is 0 Å². The van der Waals surface area contributed by atoms with Crippen molar-refractivity contribution in [1.29, 1.82) is 0 Å². The van der Waals surface area contributed by atoms with Crippen LogP contribution in [0, 0.1) is 0 Å². The van der Waals surface area contributed by atoms with Gasteiger partial charge in [-0.05, 0) is 35.7 Å². The van der Waals surface area contributed by atoms with Gasteiger partial charge in [0.25, 0.3) is 0 Å². The number of ether oxygens (including phenoxy) is 2. The van der Waals surface area contributed by atoms with Crippen LogP contribution in [0.1, 0.15) is 23.1 Å². The number of anilines is 1. The van der Waals surface area contributed by atoms with Gasteiger partial charge in [-0.15, -0.1) is 10.2 Å². The molecule has 4 aromatic rings. The highest BCUT2D eigenvalue weighted by Crippen LogP contribution is 2.35. The fourth-order valence-corrected chi connectivity index (χ4v) is 4.35. The molecule has 1 amide bonds. The second-order valence-electron chi connectivity index (χ2n) is 7.73. The molecule has 2 heterocycles. The zero-order chi connectivity index (χ0) is 23.3. The maximum absolute atomic E-state index is 12.7. The van der Waals surface area contributed by atoms with E-state index in [9.17, 15) is 4.79 Å². The van der Waals surface area contributed by atoms with Crippen molar-refractivity contribution in [1.82, 2.24) is 14.9 Å². The lowest BCUT2D eigenvalue weighted by Gasteiger charge is -2.25. The molecule has 1 aliphatic heterocycles. The molecule has 3 aromatic carbocycles. The van der Waals surface area contributed by atoms with Crippen molar-refractivity contribution < 1.29 is 14.3 Å². The number of para-hydroxylation sites is 3. The Balaban J connectivity index is 1.21. The minimum absolute atomic E-state index is 0.139. The molecular weight excluding hydrogens is 450 g/mol. The standard InChI is InChI=1S/C25H23N5O3S/c26-30-24(22-15-32-20-12-6-7-13-21(20)33-22)28-29-25(30)34-16-23(31)27-19-11-5-4-10-18(19)14-17-8-2-1-3-9-17/h1-13,22H,14-16,26H2,(H,27,31). The summed E-state index contributed by atoms with van der Waals surface area (Å²) in [6.07, 6.45) is 0.248. The molecule has 172 valence electrons. The Morgan fingerprint density at radius 1 is 1.00 bits per heavy atom. The van der Waals surface area contributed by atoms with E-state index in [1.807, 2.05) is 66.7 Å². The molecule has 0 fully saturated rings. The molecule has 0 spiro atoms. The predicted octanol–water partition coefficient (Wildman–Crippen LogP) is 3.83. The predicted molar refractivity (Wildman–Crippen MR) is 131 cm³/mol. The minimum atomic E-state index is -0.486. The average Bonchev–Trinajstić information content (AvgIpc) is 3.24. The number of nitrogens with two attached hydrogens (primary N) is 1. The molecule has 8 nitrogen and oxygen atoms in total. The number of nitrogens with zero attached hydrogens (tertiary/aromatic N) is 3. The number of carbonyl (C=O) groups excluding carboxylic acids is 1. The molecule has 0 aliphatic carbocycles. The third kappa shape index (κ3) is 4.84. The highest BCUT2D eigenvalue weighted by atomic mass is 32.2. The average molecular weight is 474 g/mol. The number of benzene rings is 3. The fourth-order valence-electron chi connectivity index (χ4n) is 3.68. The topological polar surface area (TPSA) is 104 Å². The molecule has 0 bridgehead atoms. The van der Waals surface area contributed by atoms with Crippen LogP contribution in [0.4, 0.5) is 5.69 Å². The highest BCUT2D eigenvalue weighted by molar-refractivity contribution is 7.99. The lowest BCUT2D eigenvalue weighted by molar-refractivity contribution is -0.113. The molecule has 3 N–H and O–H groups in total. The van der Waals surface area contributed by atoms with Crippen molar-refractivity contribution >= 4 is 23.4 Å². The Bertz CT molecular complexity index is 1290. The Labute approximate surface area is 201 Å². The normalized spacial score (nSPS) is 14.5. The summed E-state index contributed by atoms with van der Waals surface area (Å²) in [7, 11) is 0. The van der Waals surface area contributed by atoms with Gasteiger partial charge in [-0.3, -0.25) is 4.79 Å². The maximum atomic E-state index is 12.7. The van der Waals surface area contributed by atoms with E-state index in [-0.39, 0.29) is 18.3 Å². The molecule has 9 heteroatoms. The van der Waals surface area contributed by atoms with E-state index in [2.05, 4.69) is 27.6 Å². The number of amides is 1. The zero-order valence-corrected chi connectivity index (χ0v) is 19.1. The summed E-state index contributed by atoms with van der Waals surface area (Å²) in [5, 5.41) is 11.7. The van der Waals surface area contributed by atoms with Crippen molar-refractivity contribution in [2.75, 3.05) is 23.5 Å². The van der Waals surface area contributed by atoms with Crippen LogP contribution >= 0.6 is 11.8 Å². The fraction of sp³-hybridized carbons (Fsp3) is 0.160. The van der Waals surface area contributed by atoms with Crippen LogP contribution in [0.25, 0.3) is 0 Å². The molecule has 0 saturated carbocycles. The lowest BCUT2D eigenvalue weighted by atomic mass is 10.0. The third-order valence-corrected chi connectivity index (χ3v) is 6.29. The quantitative estimate of drug-likeness (QED) is 0.311. The van der Waals surface area contributed by atoms with Gasteiger partial charge >= 0.3 is 0 Å². The second-order valence-corrected chi connectivity index (χ2v) is 8.67. The first-order valence-corrected chi connectivity index (χ1v) is 11.8. The van der Waals surface area contributed by atoms with Crippen LogP contribution < -0.4 is 20.6 Å². The molecule has 1 unspecified atom stereocenters. The number of nitrogen functional groups attached to an aromatic ring is 1. The number of rotatable bonds is 7. The SMILES string of the molecule is Nn1c(SCC(=O)Nc2ccccc2Cc2ccccc2)nnc1C1COc2ccccc2O1. The van der Waals surface area contributed by atoms with E-state index in [1.54, 1.807) is 0 Å². The van der Waals surface area contributed by atoms with Crippen LogP contribution in [0.3, 0.4) is 0 Å². The zero-order valence-electron chi connectivity index (χ0n) is 18.3. The molecular formula is C25H23N5O3S. The van der Waals surface area contributed by atoms with Gasteiger partial charge in [0.05, 0.1) is 5.75 Å². The molecule has 0 saturated heterocycles. The molecule has 5 rings (SSSR count). The van der Waals surface area contributed by atoms with Gasteiger partial charge in [-0.2, -0.15) is 0 Å². The van der Waals surface area contributed by atoms with E-state index in [0.717, 1.165) is 17.7 Å². The van der Waals surface area contributed by atoms with Gasteiger partial charge in [-0.25, -0.2) is 4.68 Å². The van der Waals surface area contributed by atoms with Gasteiger partial charge < -0.3 is 20.6 Å². The van der Waals surface area contributed by atoms with Crippen LogP contribution in [0.15, 0.2) is 84.0 Å². The number of aromatic nitrogens is 3. The van der Waals surface area contributed by atoms with Crippen molar-refractivity contribution in [3.63, 3.8) is 0 Å². The van der Waals surface area contributed by atoms with Crippen LogP contribution in [0.5, 0.6) is 11.5 Å². The first kappa shape index (κ1) is 21.8. The monoisotopic (exact) mass is 473 g/mol. The first-order valence-electron chi connectivity index (χ1n) is 10.8. The summed E-state index contributed by atoms with van der Waals surface area (Å²) >= 11 is 1.21. The summed E-state index contributed by atoms with van der Waals surface area (Å²) in [5.74, 6) is 7.94. The summed E-state index contributed by atoms with van der Waals surface area (Å²) in [5.41, 5.74) is 3.02. The van der Waals surface area contributed by atoms with E-state index < -0.39 is 6.10 Å². The number of hydrogen-bond acceptors (Lipinski definition) is 7. The molecule has 1 aliphatic rings. The van der Waals surface area contributed by atoms with E-state index in [0.29, 0.717) is 22.5 Å². The minimum Gasteiger partial charge on any atom is -0.485 e. The van der Waals surface area contributed by atoms with Gasteiger partial charge in [-0.1, -0.05) is 72.4 Å². The van der Waals surface area contributed by atoms with Crippen molar-refractivity contribution in [3.8, 4) is 11.5 Å². The number of fused-ring (bicyclic) bond motifs is 1. The van der Waals surface area contributed by atoms with Gasteiger partial charge in [0.1, 0.15) is 6.61 Å². The Morgan fingerprint density at radius 2 is 1.74 bits per heavy atom. The van der Waals surface area contributed by atoms with Crippen LogP contribution in [-0.4, -0.2) is 33.1 Å². The maximum Gasteiger partial charge on any atom is 0.234 e. The Morgan fingerprint density at radius 3 is 2.59 bits per heavy atom. The van der Waals surface area contributed by atoms with E-state index in [1.165, 1.54) is 22.0 Å². The summed E-state index contributed by atoms with van der Waals surface area (Å²) in [6, 6.07) is 25.4. The van der Waals surface area contributed by atoms with Crippen molar-refractivity contribution in [2.24, 2.45) is 0 Å². The molecule has 1 atom stereocenters.